The Bertz CT molecular complexity index is 784. The van der Waals surface area contributed by atoms with E-state index >= 15 is 0 Å². The zero-order valence-corrected chi connectivity index (χ0v) is 16.3. The summed E-state index contributed by atoms with van der Waals surface area (Å²) in [5, 5.41) is 14.7. The smallest absolute Gasteiger partial charge is 0.326 e. The lowest BCUT2D eigenvalue weighted by Gasteiger charge is -2.21. The van der Waals surface area contributed by atoms with Gasteiger partial charge in [0.25, 0.3) is 0 Å². The van der Waals surface area contributed by atoms with Gasteiger partial charge in [-0.2, -0.15) is 12.6 Å². The molecule has 3 N–H and O–H groups in total. The lowest BCUT2D eigenvalue weighted by Crippen LogP contribution is -2.52. The third kappa shape index (κ3) is 7.08. The number of hydrogen-bond donors (Lipinski definition) is 4. The Morgan fingerprint density at radius 1 is 0.857 bits per heavy atom. The van der Waals surface area contributed by atoms with Crippen LogP contribution < -0.4 is 10.6 Å². The van der Waals surface area contributed by atoms with Crippen molar-refractivity contribution >= 4 is 30.4 Å². The summed E-state index contributed by atoms with van der Waals surface area (Å²) in [7, 11) is 0. The molecule has 2 aromatic rings. The highest BCUT2D eigenvalue weighted by atomic mass is 32.1. The number of thiol groups is 1. The first-order valence-electron chi connectivity index (χ1n) is 9.01. The fourth-order valence-electron chi connectivity index (χ4n) is 2.75. The van der Waals surface area contributed by atoms with Gasteiger partial charge < -0.3 is 15.7 Å². The number of carbonyl (C=O) groups is 3. The highest BCUT2D eigenvalue weighted by Gasteiger charge is 2.26. The van der Waals surface area contributed by atoms with Gasteiger partial charge in [0.05, 0.1) is 6.42 Å². The molecule has 0 heterocycles. The average molecular weight is 401 g/mol. The summed E-state index contributed by atoms with van der Waals surface area (Å²) in [5.74, 6) is -1.58. The average Bonchev–Trinajstić information content (AvgIpc) is 2.68. The van der Waals surface area contributed by atoms with Crippen molar-refractivity contribution in [2.45, 2.75) is 31.3 Å². The SMILES string of the molecule is O=C(Cc1ccccc1)NC(CCS)C(=O)N[C@H](Cc1ccccc1)C(=O)O. The number of rotatable bonds is 10. The van der Waals surface area contributed by atoms with Crippen molar-refractivity contribution in [1.82, 2.24) is 10.6 Å². The maximum Gasteiger partial charge on any atom is 0.326 e. The zero-order valence-electron chi connectivity index (χ0n) is 15.4. The van der Waals surface area contributed by atoms with Crippen LogP contribution in [0.15, 0.2) is 60.7 Å². The van der Waals surface area contributed by atoms with Crippen molar-refractivity contribution in [3.8, 4) is 0 Å². The van der Waals surface area contributed by atoms with E-state index in [1.165, 1.54) is 0 Å². The minimum absolute atomic E-state index is 0.142. The number of amides is 2. The van der Waals surface area contributed by atoms with Crippen molar-refractivity contribution in [2.75, 3.05) is 5.75 Å². The quantitative estimate of drug-likeness (QED) is 0.458. The summed E-state index contributed by atoms with van der Waals surface area (Å²) in [6.45, 7) is 0. The van der Waals surface area contributed by atoms with Gasteiger partial charge in [-0.05, 0) is 23.3 Å². The second kappa shape index (κ2) is 11.1. The lowest BCUT2D eigenvalue weighted by molar-refractivity contribution is -0.142. The van der Waals surface area contributed by atoms with Crippen LogP contribution >= 0.6 is 12.6 Å². The normalized spacial score (nSPS) is 12.6. The van der Waals surface area contributed by atoms with Crippen LogP contribution in [0.5, 0.6) is 0 Å². The van der Waals surface area contributed by atoms with E-state index in [9.17, 15) is 19.5 Å². The molecule has 148 valence electrons. The molecule has 0 aliphatic rings. The molecule has 2 rings (SSSR count). The number of nitrogens with one attached hydrogen (secondary N) is 2. The van der Waals surface area contributed by atoms with Crippen molar-refractivity contribution in [2.24, 2.45) is 0 Å². The van der Waals surface area contributed by atoms with Crippen LogP contribution in [0.2, 0.25) is 0 Å². The third-order valence-corrected chi connectivity index (χ3v) is 4.43. The standard InChI is InChI=1S/C21H24N2O4S/c24-19(14-16-9-5-2-6-10-16)22-17(11-12-28)20(25)23-18(21(26)27)13-15-7-3-1-4-8-15/h1-10,17-18,28H,11-14H2,(H,22,24)(H,23,25)(H,26,27)/t17?,18-/m1/s1. The van der Waals surface area contributed by atoms with Crippen LogP contribution in [-0.2, 0) is 27.2 Å². The Hall–Kier alpha value is -2.80. The van der Waals surface area contributed by atoms with Gasteiger partial charge in [0, 0.05) is 6.42 Å². The lowest BCUT2D eigenvalue weighted by atomic mass is 10.1. The van der Waals surface area contributed by atoms with Gasteiger partial charge in [-0.15, -0.1) is 0 Å². The number of carboxylic acids is 1. The van der Waals surface area contributed by atoms with E-state index in [0.717, 1.165) is 11.1 Å². The molecule has 2 aromatic carbocycles. The van der Waals surface area contributed by atoms with E-state index in [2.05, 4.69) is 23.3 Å². The first-order chi connectivity index (χ1) is 13.5. The number of aliphatic carboxylic acids is 1. The number of carbonyl (C=O) groups excluding carboxylic acids is 2. The molecular weight excluding hydrogens is 376 g/mol. The van der Waals surface area contributed by atoms with Crippen molar-refractivity contribution in [3.05, 3.63) is 71.8 Å². The maximum absolute atomic E-state index is 12.6. The van der Waals surface area contributed by atoms with Gasteiger partial charge >= 0.3 is 5.97 Å². The molecule has 0 aliphatic carbocycles. The first-order valence-corrected chi connectivity index (χ1v) is 9.64. The van der Waals surface area contributed by atoms with Crippen LogP contribution in [0.3, 0.4) is 0 Å². The fraction of sp³-hybridized carbons (Fsp3) is 0.286. The molecule has 0 bridgehead atoms. The van der Waals surface area contributed by atoms with Gasteiger partial charge in [0.2, 0.25) is 11.8 Å². The Morgan fingerprint density at radius 2 is 1.43 bits per heavy atom. The van der Waals surface area contributed by atoms with Gasteiger partial charge in [0.15, 0.2) is 0 Å². The second-order valence-electron chi connectivity index (χ2n) is 6.38. The molecule has 6 nitrogen and oxygen atoms in total. The second-order valence-corrected chi connectivity index (χ2v) is 6.83. The van der Waals surface area contributed by atoms with Crippen molar-refractivity contribution in [3.63, 3.8) is 0 Å². The molecule has 0 spiro atoms. The van der Waals surface area contributed by atoms with Gasteiger partial charge in [-0.3, -0.25) is 9.59 Å². The van der Waals surface area contributed by atoms with Crippen LogP contribution in [0.25, 0.3) is 0 Å². The predicted octanol–water partition coefficient (Wildman–Crippen LogP) is 1.85. The largest absolute Gasteiger partial charge is 0.480 e. The molecule has 2 atom stereocenters. The van der Waals surface area contributed by atoms with Crippen LogP contribution in [0, 0.1) is 0 Å². The summed E-state index contributed by atoms with van der Waals surface area (Å²) >= 11 is 4.14. The summed E-state index contributed by atoms with van der Waals surface area (Å²) < 4.78 is 0. The Balaban J connectivity index is 1.99. The topological polar surface area (TPSA) is 95.5 Å². The van der Waals surface area contributed by atoms with Gasteiger partial charge in [-0.25, -0.2) is 4.79 Å². The third-order valence-electron chi connectivity index (χ3n) is 4.17. The minimum atomic E-state index is -1.13. The van der Waals surface area contributed by atoms with Crippen molar-refractivity contribution < 1.29 is 19.5 Å². The van der Waals surface area contributed by atoms with Crippen LogP contribution in [0.4, 0.5) is 0 Å². The zero-order chi connectivity index (χ0) is 20.4. The molecule has 2 amide bonds. The van der Waals surface area contributed by atoms with E-state index in [1.54, 1.807) is 12.1 Å². The molecule has 1 unspecified atom stereocenters. The molecule has 0 fully saturated rings. The molecule has 0 saturated heterocycles. The summed E-state index contributed by atoms with van der Waals surface area (Å²) in [4.78, 5) is 36.4. The monoisotopic (exact) mass is 400 g/mol. The molecule has 0 aliphatic heterocycles. The predicted molar refractivity (Wildman–Crippen MR) is 110 cm³/mol. The molecule has 0 saturated carbocycles. The van der Waals surface area contributed by atoms with E-state index in [4.69, 9.17) is 0 Å². The summed E-state index contributed by atoms with van der Waals surface area (Å²) in [6.07, 6.45) is 0.601. The van der Waals surface area contributed by atoms with Crippen molar-refractivity contribution in [1.29, 1.82) is 0 Å². The molecule has 0 radical (unpaired) electrons. The van der Waals surface area contributed by atoms with E-state index in [1.807, 2.05) is 48.5 Å². The van der Waals surface area contributed by atoms with Crippen LogP contribution in [-0.4, -0.2) is 40.7 Å². The van der Waals surface area contributed by atoms with Crippen LogP contribution in [0.1, 0.15) is 17.5 Å². The first kappa shape index (κ1) is 21.5. The molecule has 28 heavy (non-hydrogen) atoms. The Morgan fingerprint density at radius 3 is 1.96 bits per heavy atom. The number of benzene rings is 2. The Kier molecular flexibility index (Phi) is 8.55. The molecule has 7 heteroatoms. The number of carboxylic acid groups (broad SMARTS) is 1. The molecular formula is C21H24N2O4S. The summed E-state index contributed by atoms with van der Waals surface area (Å²) in [5.41, 5.74) is 1.63. The maximum atomic E-state index is 12.6. The van der Waals surface area contributed by atoms with E-state index in [0.29, 0.717) is 12.2 Å². The van der Waals surface area contributed by atoms with E-state index in [-0.39, 0.29) is 18.7 Å². The highest BCUT2D eigenvalue weighted by Crippen LogP contribution is 2.06. The minimum Gasteiger partial charge on any atom is -0.480 e. The Labute approximate surface area is 169 Å². The highest BCUT2D eigenvalue weighted by molar-refractivity contribution is 7.80. The van der Waals surface area contributed by atoms with Gasteiger partial charge in [-0.1, -0.05) is 60.7 Å². The fourth-order valence-corrected chi connectivity index (χ4v) is 3.00. The number of hydrogen-bond acceptors (Lipinski definition) is 4. The van der Waals surface area contributed by atoms with E-state index < -0.39 is 24.0 Å². The summed E-state index contributed by atoms with van der Waals surface area (Å²) in [6, 6.07) is 16.3. The molecule has 0 aromatic heterocycles. The van der Waals surface area contributed by atoms with Gasteiger partial charge in [0.1, 0.15) is 12.1 Å².